The zero-order valence-electron chi connectivity index (χ0n) is 18.7. The van der Waals surface area contributed by atoms with Crippen LogP contribution >= 0.6 is 22.7 Å². The highest BCUT2D eigenvalue weighted by Crippen LogP contribution is 2.30. The van der Waals surface area contributed by atoms with E-state index in [4.69, 9.17) is 4.74 Å². The summed E-state index contributed by atoms with van der Waals surface area (Å²) in [4.78, 5) is 26.7. The van der Waals surface area contributed by atoms with Crippen LogP contribution in [0.2, 0.25) is 0 Å². The van der Waals surface area contributed by atoms with Crippen molar-refractivity contribution in [2.45, 2.75) is 26.2 Å². The third-order valence-electron chi connectivity index (χ3n) is 5.41. The normalized spacial score (nSPS) is 10.8. The minimum absolute atomic E-state index is 0.104. The standard InChI is InChI=1S/C26H26N2O3S2/c1-18-11-12-22(24(15-18)31-2)28-23(17-33-26(28)30)19-7-5-8-20(16-19)25(29)27-13-4-3-9-21-10-6-14-32-21/h5-8,10-12,14-17H,3-4,9,13H2,1-2H3,(H,27,29). The lowest BCUT2D eigenvalue weighted by atomic mass is 10.1. The van der Waals surface area contributed by atoms with Gasteiger partial charge in [0.05, 0.1) is 18.5 Å². The van der Waals surface area contributed by atoms with Crippen LogP contribution in [0, 0.1) is 6.92 Å². The fourth-order valence-electron chi connectivity index (χ4n) is 3.71. The maximum absolute atomic E-state index is 12.7. The molecule has 0 bridgehead atoms. The van der Waals surface area contributed by atoms with E-state index >= 15 is 0 Å². The molecule has 0 saturated heterocycles. The van der Waals surface area contributed by atoms with Crippen LogP contribution in [0.3, 0.4) is 0 Å². The van der Waals surface area contributed by atoms with E-state index < -0.39 is 0 Å². The smallest absolute Gasteiger partial charge is 0.312 e. The maximum Gasteiger partial charge on any atom is 0.312 e. The van der Waals surface area contributed by atoms with Crippen molar-refractivity contribution in [2.75, 3.05) is 13.7 Å². The van der Waals surface area contributed by atoms with E-state index in [9.17, 15) is 9.59 Å². The second-order valence-corrected chi connectivity index (χ2v) is 9.62. The summed E-state index contributed by atoms with van der Waals surface area (Å²) >= 11 is 2.90. The molecule has 5 nitrogen and oxygen atoms in total. The number of nitrogens with zero attached hydrogens (tertiary/aromatic N) is 1. The number of hydrogen-bond acceptors (Lipinski definition) is 5. The molecule has 4 rings (SSSR count). The number of benzene rings is 2. The van der Waals surface area contributed by atoms with E-state index in [1.807, 2.05) is 48.7 Å². The number of methoxy groups -OCH3 is 1. The number of amides is 1. The number of unbranched alkanes of at least 4 members (excludes halogenated alkanes) is 1. The third-order valence-corrected chi connectivity index (χ3v) is 7.07. The Hall–Kier alpha value is -3.16. The molecule has 7 heteroatoms. The fourth-order valence-corrected chi connectivity index (χ4v) is 5.21. The Morgan fingerprint density at radius 2 is 1.94 bits per heavy atom. The zero-order chi connectivity index (χ0) is 23.2. The van der Waals surface area contributed by atoms with Gasteiger partial charge in [-0.2, -0.15) is 0 Å². The van der Waals surface area contributed by atoms with Crippen molar-refractivity contribution in [3.8, 4) is 22.7 Å². The van der Waals surface area contributed by atoms with Crippen molar-refractivity contribution in [3.63, 3.8) is 0 Å². The largest absolute Gasteiger partial charge is 0.495 e. The molecule has 170 valence electrons. The second-order valence-electron chi connectivity index (χ2n) is 7.77. The quantitative estimate of drug-likeness (QED) is 0.314. The Labute approximate surface area is 201 Å². The van der Waals surface area contributed by atoms with Crippen LogP contribution in [0.5, 0.6) is 5.75 Å². The first-order valence-electron chi connectivity index (χ1n) is 10.8. The van der Waals surface area contributed by atoms with E-state index in [0.717, 1.165) is 47.4 Å². The van der Waals surface area contributed by atoms with Gasteiger partial charge in [0.2, 0.25) is 0 Å². The Morgan fingerprint density at radius 3 is 2.73 bits per heavy atom. The van der Waals surface area contributed by atoms with Crippen LogP contribution in [-0.4, -0.2) is 24.1 Å². The van der Waals surface area contributed by atoms with Gasteiger partial charge in [0.1, 0.15) is 5.75 Å². The van der Waals surface area contributed by atoms with E-state index in [-0.39, 0.29) is 10.8 Å². The molecular formula is C26H26N2O3S2. The van der Waals surface area contributed by atoms with Crippen LogP contribution in [0.4, 0.5) is 0 Å². The first kappa shape index (κ1) is 23.0. The van der Waals surface area contributed by atoms with Gasteiger partial charge < -0.3 is 10.1 Å². The Bertz CT molecular complexity index is 1290. The molecule has 4 aromatic rings. The highest BCUT2D eigenvalue weighted by Gasteiger charge is 2.16. The molecule has 33 heavy (non-hydrogen) atoms. The summed E-state index contributed by atoms with van der Waals surface area (Å²) in [5.74, 6) is 0.526. The number of aryl methyl sites for hydroxylation is 2. The molecular weight excluding hydrogens is 452 g/mol. The van der Waals surface area contributed by atoms with Crippen molar-refractivity contribution in [2.24, 2.45) is 0 Å². The van der Waals surface area contributed by atoms with Crippen molar-refractivity contribution >= 4 is 28.6 Å². The van der Waals surface area contributed by atoms with Crippen LogP contribution in [0.25, 0.3) is 16.9 Å². The van der Waals surface area contributed by atoms with Crippen LogP contribution in [0.1, 0.15) is 33.6 Å². The Morgan fingerprint density at radius 1 is 1.06 bits per heavy atom. The molecule has 2 aromatic carbocycles. The number of carbonyl (C=O) groups is 1. The van der Waals surface area contributed by atoms with E-state index in [2.05, 4.69) is 22.8 Å². The van der Waals surface area contributed by atoms with Crippen molar-refractivity contribution < 1.29 is 9.53 Å². The van der Waals surface area contributed by atoms with Crippen LogP contribution < -0.4 is 14.9 Å². The van der Waals surface area contributed by atoms with Gasteiger partial charge in [0.15, 0.2) is 0 Å². The van der Waals surface area contributed by atoms with Gasteiger partial charge in [-0.15, -0.1) is 11.3 Å². The SMILES string of the molecule is COc1cc(C)ccc1-n1c(-c2cccc(C(=O)NCCCCc3cccs3)c2)csc1=O. The maximum atomic E-state index is 12.7. The predicted octanol–water partition coefficient (Wildman–Crippen LogP) is 5.70. The first-order chi connectivity index (χ1) is 16.1. The summed E-state index contributed by atoms with van der Waals surface area (Å²) in [6, 6.07) is 17.3. The topological polar surface area (TPSA) is 60.3 Å². The van der Waals surface area contributed by atoms with Gasteiger partial charge in [0.25, 0.3) is 5.91 Å². The van der Waals surface area contributed by atoms with Gasteiger partial charge in [-0.3, -0.25) is 14.2 Å². The molecule has 0 unspecified atom stereocenters. The average Bonchev–Trinajstić information content (AvgIpc) is 3.48. The van der Waals surface area contributed by atoms with Crippen molar-refractivity contribution in [3.05, 3.63) is 91.0 Å². The van der Waals surface area contributed by atoms with E-state index in [0.29, 0.717) is 23.5 Å². The second kappa shape index (κ2) is 10.6. The average molecular weight is 479 g/mol. The van der Waals surface area contributed by atoms with E-state index in [1.54, 1.807) is 29.1 Å². The number of rotatable bonds is 9. The molecule has 1 N–H and O–H groups in total. The summed E-state index contributed by atoms with van der Waals surface area (Å²) in [6.45, 7) is 2.62. The highest BCUT2D eigenvalue weighted by molar-refractivity contribution is 7.09. The summed E-state index contributed by atoms with van der Waals surface area (Å²) in [7, 11) is 1.60. The molecule has 0 fully saturated rings. The fraction of sp³-hybridized carbons (Fsp3) is 0.231. The predicted molar refractivity (Wildman–Crippen MR) is 136 cm³/mol. The number of aromatic nitrogens is 1. The molecule has 2 aromatic heterocycles. The Kier molecular flexibility index (Phi) is 7.42. The van der Waals surface area contributed by atoms with Gasteiger partial charge >= 0.3 is 4.87 Å². The monoisotopic (exact) mass is 478 g/mol. The molecule has 0 aliphatic rings. The zero-order valence-corrected chi connectivity index (χ0v) is 20.3. The molecule has 1 amide bonds. The van der Waals surface area contributed by atoms with Crippen molar-refractivity contribution in [1.29, 1.82) is 0 Å². The minimum Gasteiger partial charge on any atom is -0.495 e. The van der Waals surface area contributed by atoms with Gasteiger partial charge in [-0.05, 0) is 67.5 Å². The minimum atomic E-state index is -0.106. The third kappa shape index (κ3) is 5.43. The van der Waals surface area contributed by atoms with Crippen molar-refractivity contribution in [1.82, 2.24) is 9.88 Å². The number of ether oxygens (including phenoxy) is 1. The lowest BCUT2D eigenvalue weighted by molar-refractivity contribution is 0.0953. The van der Waals surface area contributed by atoms with Crippen LogP contribution in [-0.2, 0) is 6.42 Å². The first-order valence-corrected chi connectivity index (χ1v) is 12.6. The molecule has 0 atom stereocenters. The van der Waals surface area contributed by atoms with E-state index in [1.165, 1.54) is 4.88 Å². The van der Waals surface area contributed by atoms with Gasteiger partial charge in [-0.1, -0.05) is 35.6 Å². The summed E-state index contributed by atoms with van der Waals surface area (Å²) < 4.78 is 7.17. The lowest BCUT2D eigenvalue weighted by Crippen LogP contribution is -2.24. The molecule has 0 radical (unpaired) electrons. The molecule has 2 heterocycles. The Balaban J connectivity index is 1.49. The number of thiazole rings is 1. The lowest BCUT2D eigenvalue weighted by Gasteiger charge is -2.13. The van der Waals surface area contributed by atoms with Gasteiger partial charge in [0, 0.05) is 27.9 Å². The summed E-state index contributed by atoms with van der Waals surface area (Å²) in [5, 5.41) is 6.92. The molecule has 0 saturated carbocycles. The number of thiophene rings is 1. The molecule has 0 aliphatic carbocycles. The number of nitrogens with one attached hydrogen (secondary N) is 1. The summed E-state index contributed by atoms with van der Waals surface area (Å²) in [6.07, 6.45) is 3.02. The number of hydrogen-bond donors (Lipinski definition) is 1. The number of carbonyl (C=O) groups excluding carboxylic acids is 1. The molecule has 0 spiro atoms. The highest BCUT2D eigenvalue weighted by atomic mass is 32.1. The van der Waals surface area contributed by atoms with Gasteiger partial charge in [-0.25, -0.2) is 0 Å². The molecule has 0 aliphatic heterocycles. The summed E-state index contributed by atoms with van der Waals surface area (Å²) in [5.41, 5.74) is 3.85. The van der Waals surface area contributed by atoms with Crippen LogP contribution in [0.15, 0.2) is 70.2 Å².